The monoisotopic (exact) mass is 624 g/mol. The molecule has 0 fully saturated rings. The number of fused-ring (bicyclic) bond motifs is 1. The van der Waals surface area contributed by atoms with Crippen LogP contribution in [-0.2, 0) is 4.79 Å². The molecule has 4 rings (SSSR count). The average molecular weight is 626 g/mol. The highest BCUT2D eigenvalue weighted by Crippen LogP contribution is 2.24. The lowest BCUT2D eigenvalue weighted by Gasteiger charge is -2.14. The zero-order valence-electron chi connectivity index (χ0n) is 20.7. The highest BCUT2D eigenvalue weighted by Gasteiger charge is 2.16. The SMILES string of the molecule is CC[C@H](C)c1nc2ccc(Br)cc2c(=O)n1N=Cc1cc(Br)ccc1OCC(=O)Nc1ccc(C)cc1. The summed E-state index contributed by atoms with van der Waals surface area (Å²) in [4.78, 5) is 30.6. The number of anilines is 1. The van der Waals surface area contributed by atoms with Gasteiger partial charge in [-0.2, -0.15) is 9.78 Å². The van der Waals surface area contributed by atoms with Crippen LogP contribution < -0.4 is 15.6 Å². The van der Waals surface area contributed by atoms with Crippen molar-refractivity contribution in [3.8, 4) is 5.75 Å². The molecule has 190 valence electrons. The van der Waals surface area contributed by atoms with Gasteiger partial charge in [-0.25, -0.2) is 4.98 Å². The number of nitrogens with one attached hydrogen (secondary N) is 1. The number of carbonyl (C=O) groups is 1. The van der Waals surface area contributed by atoms with Gasteiger partial charge in [0.05, 0.1) is 17.1 Å². The van der Waals surface area contributed by atoms with Crippen molar-refractivity contribution >= 4 is 60.6 Å². The Morgan fingerprint density at radius 3 is 2.54 bits per heavy atom. The van der Waals surface area contributed by atoms with Gasteiger partial charge in [-0.15, -0.1) is 0 Å². The summed E-state index contributed by atoms with van der Waals surface area (Å²) in [6, 6.07) is 18.3. The van der Waals surface area contributed by atoms with Gasteiger partial charge in [0.1, 0.15) is 11.6 Å². The first-order valence-corrected chi connectivity index (χ1v) is 13.4. The third-order valence-corrected chi connectivity index (χ3v) is 6.85. The van der Waals surface area contributed by atoms with Crippen molar-refractivity contribution in [2.45, 2.75) is 33.1 Å². The van der Waals surface area contributed by atoms with Crippen molar-refractivity contribution < 1.29 is 9.53 Å². The van der Waals surface area contributed by atoms with Gasteiger partial charge in [-0.3, -0.25) is 9.59 Å². The molecule has 0 radical (unpaired) electrons. The Hall–Kier alpha value is -3.30. The molecule has 9 heteroatoms. The molecule has 37 heavy (non-hydrogen) atoms. The van der Waals surface area contributed by atoms with Crippen LogP contribution in [0.1, 0.15) is 43.1 Å². The first-order valence-electron chi connectivity index (χ1n) is 11.8. The van der Waals surface area contributed by atoms with Gasteiger partial charge in [-0.05, 0) is 61.9 Å². The molecule has 4 aromatic rings. The van der Waals surface area contributed by atoms with Gasteiger partial charge in [0.25, 0.3) is 11.5 Å². The fraction of sp³-hybridized carbons (Fsp3) is 0.214. The van der Waals surface area contributed by atoms with Gasteiger partial charge >= 0.3 is 0 Å². The number of ether oxygens (including phenoxy) is 1. The smallest absolute Gasteiger partial charge is 0.282 e. The highest BCUT2D eigenvalue weighted by atomic mass is 79.9. The van der Waals surface area contributed by atoms with E-state index in [1.165, 1.54) is 4.68 Å². The standard InChI is InChI=1S/C28H26Br2N4O3/c1-4-18(3)27-33-24-11-7-21(30)14-23(24)28(36)34(27)31-15-19-13-20(29)8-12-25(19)37-16-26(35)32-22-9-5-17(2)6-10-22/h5-15,18H,4,16H2,1-3H3,(H,32,35)/t18-/m0/s1. The molecule has 1 aromatic heterocycles. The Balaban J connectivity index is 1.63. The Bertz CT molecular complexity index is 1530. The van der Waals surface area contributed by atoms with Crippen LogP contribution in [0, 0.1) is 6.92 Å². The third-order valence-electron chi connectivity index (χ3n) is 5.86. The second kappa shape index (κ2) is 11.8. The van der Waals surface area contributed by atoms with Crippen LogP contribution in [0.5, 0.6) is 5.75 Å². The van der Waals surface area contributed by atoms with E-state index in [4.69, 9.17) is 9.72 Å². The minimum absolute atomic E-state index is 0.0154. The number of aromatic nitrogens is 2. The van der Waals surface area contributed by atoms with Crippen LogP contribution in [0.15, 0.2) is 79.5 Å². The molecule has 0 spiro atoms. The maximum atomic E-state index is 13.4. The van der Waals surface area contributed by atoms with E-state index in [0.29, 0.717) is 33.7 Å². The number of aryl methyl sites for hydroxylation is 1. The number of halogens is 2. The molecule has 1 atom stereocenters. The van der Waals surface area contributed by atoms with Gasteiger partial charge in [0, 0.05) is 26.1 Å². The number of benzene rings is 3. The maximum Gasteiger partial charge on any atom is 0.282 e. The molecule has 0 saturated carbocycles. The van der Waals surface area contributed by atoms with E-state index in [2.05, 4.69) is 42.3 Å². The van der Waals surface area contributed by atoms with Crippen molar-refractivity contribution in [3.05, 3.63) is 96.9 Å². The number of hydrogen-bond donors (Lipinski definition) is 1. The summed E-state index contributed by atoms with van der Waals surface area (Å²) in [7, 11) is 0. The quantitative estimate of drug-likeness (QED) is 0.222. The fourth-order valence-electron chi connectivity index (χ4n) is 3.63. The Kier molecular flexibility index (Phi) is 8.56. The van der Waals surface area contributed by atoms with Gasteiger partial charge in [0.2, 0.25) is 0 Å². The molecule has 1 amide bonds. The molecule has 7 nitrogen and oxygen atoms in total. The van der Waals surface area contributed by atoms with Crippen molar-refractivity contribution in [2.75, 3.05) is 11.9 Å². The Morgan fingerprint density at radius 1 is 1.11 bits per heavy atom. The molecule has 0 saturated heterocycles. The predicted octanol–water partition coefficient (Wildman–Crippen LogP) is 6.64. The summed E-state index contributed by atoms with van der Waals surface area (Å²) < 4.78 is 8.76. The van der Waals surface area contributed by atoms with Gasteiger partial charge < -0.3 is 10.1 Å². The minimum atomic E-state index is -0.283. The van der Waals surface area contributed by atoms with Gasteiger partial charge in [0.15, 0.2) is 6.61 Å². The number of rotatable bonds is 8. The first kappa shape index (κ1) is 26.8. The lowest BCUT2D eigenvalue weighted by molar-refractivity contribution is -0.118. The topological polar surface area (TPSA) is 85.6 Å². The molecule has 3 aromatic carbocycles. The minimum Gasteiger partial charge on any atom is -0.483 e. The molecule has 1 N–H and O–H groups in total. The third kappa shape index (κ3) is 6.53. The summed E-state index contributed by atoms with van der Waals surface area (Å²) in [5.41, 5.74) is 2.78. The van der Waals surface area contributed by atoms with Crippen LogP contribution in [0.4, 0.5) is 5.69 Å². The van der Waals surface area contributed by atoms with Crippen LogP contribution in [-0.4, -0.2) is 28.4 Å². The second-order valence-corrected chi connectivity index (χ2v) is 10.5. The number of carbonyl (C=O) groups excluding carboxylic acids is 1. The summed E-state index contributed by atoms with van der Waals surface area (Å²) in [5.74, 6) is 0.769. The lowest BCUT2D eigenvalue weighted by Crippen LogP contribution is -2.24. The maximum absolute atomic E-state index is 13.4. The van der Waals surface area contributed by atoms with E-state index < -0.39 is 0 Å². The summed E-state index contributed by atoms with van der Waals surface area (Å²) >= 11 is 6.90. The molecule has 0 unspecified atom stereocenters. The molecular formula is C28H26Br2N4O3. The van der Waals surface area contributed by atoms with E-state index in [1.54, 1.807) is 18.3 Å². The summed E-state index contributed by atoms with van der Waals surface area (Å²) in [6.45, 7) is 5.86. The first-order chi connectivity index (χ1) is 17.7. The van der Waals surface area contributed by atoms with E-state index in [0.717, 1.165) is 20.9 Å². The van der Waals surface area contributed by atoms with E-state index in [1.807, 2.05) is 69.3 Å². The number of amides is 1. The predicted molar refractivity (Wildman–Crippen MR) is 155 cm³/mol. The van der Waals surface area contributed by atoms with Crippen molar-refractivity contribution in [1.29, 1.82) is 0 Å². The number of hydrogen-bond acceptors (Lipinski definition) is 5. The lowest BCUT2D eigenvalue weighted by atomic mass is 10.1. The summed E-state index contributed by atoms with van der Waals surface area (Å²) in [5, 5.41) is 7.82. The fourth-order valence-corrected chi connectivity index (χ4v) is 4.37. The van der Waals surface area contributed by atoms with Crippen LogP contribution >= 0.6 is 31.9 Å². The Morgan fingerprint density at radius 2 is 1.81 bits per heavy atom. The van der Waals surface area contributed by atoms with Gasteiger partial charge in [-0.1, -0.05) is 63.4 Å². The van der Waals surface area contributed by atoms with Crippen molar-refractivity contribution in [1.82, 2.24) is 9.66 Å². The van der Waals surface area contributed by atoms with E-state index in [-0.39, 0.29) is 24.0 Å². The number of nitrogens with zero attached hydrogens (tertiary/aromatic N) is 3. The zero-order valence-corrected chi connectivity index (χ0v) is 23.8. The van der Waals surface area contributed by atoms with Crippen molar-refractivity contribution in [2.24, 2.45) is 5.10 Å². The molecule has 0 bridgehead atoms. The van der Waals surface area contributed by atoms with E-state index >= 15 is 0 Å². The van der Waals surface area contributed by atoms with Crippen molar-refractivity contribution in [3.63, 3.8) is 0 Å². The van der Waals surface area contributed by atoms with Crippen LogP contribution in [0.25, 0.3) is 10.9 Å². The summed E-state index contributed by atoms with van der Waals surface area (Å²) in [6.07, 6.45) is 2.35. The average Bonchev–Trinajstić information content (AvgIpc) is 2.88. The normalized spacial score (nSPS) is 12.1. The largest absolute Gasteiger partial charge is 0.483 e. The highest BCUT2D eigenvalue weighted by molar-refractivity contribution is 9.10. The molecule has 1 heterocycles. The Labute approximate surface area is 231 Å². The van der Waals surface area contributed by atoms with Crippen LogP contribution in [0.2, 0.25) is 0 Å². The molecule has 0 aliphatic rings. The molecule has 0 aliphatic carbocycles. The van der Waals surface area contributed by atoms with E-state index in [9.17, 15) is 9.59 Å². The molecule has 0 aliphatic heterocycles. The second-order valence-electron chi connectivity index (χ2n) is 8.69. The molecular weight excluding hydrogens is 600 g/mol. The van der Waals surface area contributed by atoms with Crippen LogP contribution in [0.3, 0.4) is 0 Å². The zero-order chi connectivity index (χ0) is 26.5.